The van der Waals surface area contributed by atoms with E-state index in [2.05, 4.69) is 5.32 Å². The smallest absolute Gasteiger partial charge is 0.203 e. The first-order chi connectivity index (χ1) is 17.8. The van der Waals surface area contributed by atoms with E-state index in [4.69, 9.17) is 35.3 Å². The van der Waals surface area contributed by atoms with Crippen LogP contribution >= 0.6 is 11.6 Å². The summed E-state index contributed by atoms with van der Waals surface area (Å²) in [6.45, 7) is 0. The van der Waals surface area contributed by atoms with Crippen LogP contribution in [0.3, 0.4) is 0 Å². The molecule has 0 unspecified atom stereocenters. The van der Waals surface area contributed by atoms with Crippen molar-refractivity contribution >= 4 is 35.2 Å². The average Bonchev–Trinajstić information content (AvgIpc) is 2.91. The second-order valence-corrected chi connectivity index (χ2v) is 8.00. The summed E-state index contributed by atoms with van der Waals surface area (Å²) >= 11 is 6.13. The maximum Gasteiger partial charge on any atom is 0.203 e. The summed E-state index contributed by atoms with van der Waals surface area (Å²) < 4.78 is 26.6. The van der Waals surface area contributed by atoms with Crippen molar-refractivity contribution in [3.63, 3.8) is 0 Å². The van der Waals surface area contributed by atoms with Gasteiger partial charge < -0.3 is 34.1 Å². The van der Waals surface area contributed by atoms with Crippen LogP contribution in [0.4, 0.5) is 5.69 Å². The molecule has 0 saturated heterocycles. The first-order valence-corrected chi connectivity index (χ1v) is 11.4. The Hall–Kier alpha value is -4.30. The van der Waals surface area contributed by atoms with E-state index >= 15 is 0 Å². The van der Waals surface area contributed by atoms with Crippen LogP contribution in [-0.4, -0.2) is 46.4 Å². The van der Waals surface area contributed by atoms with Crippen LogP contribution in [0, 0.1) is 0 Å². The molecule has 0 aromatic heterocycles. The highest BCUT2D eigenvalue weighted by molar-refractivity contribution is 6.32. The summed E-state index contributed by atoms with van der Waals surface area (Å²) in [5.41, 5.74) is 2.42. The van der Waals surface area contributed by atoms with Gasteiger partial charge in [0.15, 0.2) is 28.8 Å². The summed E-state index contributed by atoms with van der Waals surface area (Å²) in [7, 11) is 7.59. The van der Waals surface area contributed by atoms with Gasteiger partial charge in [-0.05, 0) is 42.0 Å². The lowest BCUT2D eigenvalue weighted by atomic mass is 10.1. The van der Waals surface area contributed by atoms with Crippen LogP contribution in [0.1, 0.15) is 21.5 Å². The van der Waals surface area contributed by atoms with E-state index in [1.54, 1.807) is 62.8 Å². The molecule has 0 aliphatic rings. The molecule has 0 bridgehead atoms. The maximum atomic E-state index is 12.6. The maximum absolute atomic E-state index is 12.6. The number of aromatic hydroxyl groups is 1. The van der Waals surface area contributed by atoms with Crippen molar-refractivity contribution in [1.82, 2.24) is 0 Å². The third-order valence-electron chi connectivity index (χ3n) is 5.40. The Morgan fingerprint density at radius 1 is 0.811 bits per heavy atom. The molecular weight excluding hydrogens is 498 g/mol. The van der Waals surface area contributed by atoms with Crippen molar-refractivity contribution < 1.29 is 33.6 Å². The lowest BCUT2D eigenvalue weighted by molar-refractivity contribution is 0.104. The van der Waals surface area contributed by atoms with E-state index in [1.807, 2.05) is 6.08 Å². The topological polar surface area (TPSA) is 95.5 Å². The highest BCUT2D eigenvalue weighted by Crippen LogP contribution is 2.39. The molecule has 9 heteroatoms. The van der Waals surface area contributed by atoms with Crippen molar-refractivity contribution in [1.29, 1.82) is 0 Å². The van der Waals surface area contributed by atoms with Crippen LogP contribution in [0.5, 0.6) is 34.5 Å². The Morgan fingerprint density at radius 2 is 1.46 bits per heavy atom. The molecule has 0 spiro atoms. The Balaban J connectivity index is 1.89. The number of halogens is 1. The Kier molecular flexibility index (Phi) is 9.29. The number of nitrogens with one attached hydrogen (secondary N) is 1. The predicted octanol–water partition coefficient (Wildman–Crippen LogP) is 6.07. The normalized spacial score (nSPS) is 11.0. The van der Waals surface area contributed by atoms with E-state index in [9.17, 15) is 9.90 Å². The van der Waals surface area contributed by atoms with Crippen LogP contribution in [0.25, 0.3) is 12.2 Å². The minimum atomic E-state index is -0.252. The Morgan fingerprint density at radius 3 is 2.03 bits per heavy atom. The summed E-state index contributed by atoms with van der Waals surface area (Å²) in [6.07, 6.45) is 6.50. The van der Waals surface area contributed by atoms with Gasteiger partial charge in [-0.3, -0.25) is 4.79 Å². The van der Waals surface area contributed by atoms with Gasteiger partial charge in [-0.25, -0.2) is 0 Å². The fraction of sp³-hybridized carbons (Fsp3) is 0.179. The summed E-state index contributed by atoms with van der Waals surface area (Å²) in [6, 6.07) is 11.6. The van der Waals surface area contributed by atoms with Crippen LogP contribution in [0.15, 0.2) is 54.7 Å². The number of phenols is 1. The largest absolute Gasteiger partial charge is 0.504 e. The third kappa shape index (κ3) is 6.48. The van der Waals surface area contributed by atoms with Gasteiger partial charge in [-0.1, -0.05) is 23.8 Å². The Bertz CT molecular complexity index is 1310. The number of methoxy groups -OCH3 is 5. The number of hydrogen-bond acceptors (Lipinski definition) is 8. The van der Waals surface area contributed by atoms with E-state index < -0.39 is 0 Å². The van der Waals surface area contributed by atoms with Crippen molar-refractivity contribution in [3.05, 3.63) is 76.5 Å². The zero-order chi connectivity index (χ0) is 26.9. The SMILES string of the molecule is COc1cc(NC=CC(=O)c2ccc(OC)c(Cl)c2)c(C=Cc2cc(OC)c(OC)c(OC)c2)cc1O. The first-order valence-electron chi connectivity index (χ1n) is 11.0. The number of rotatable bonds is 11. The molecule has 0 amide bonds. The molecule has 0 aliphatic heterocycles. The second kappa shape index (κ2) is 12.6. The molecule has 3 aromatic rings. The van der Waals surface area contributed by atoms with E-state index in [0.717, 1.165) is 5.56 Å². The molecule has 3 aromatic carbocycles. The quantitative estimate of drug-likeness (QED) is 0.135. The van der Waals surface area contributed by atoms with Crippen molar-refractivity contribution in [2.75, 3.05) is 40.9 Å². The minimum Gasteiger partial charge on any atom is -0.504 e. The van der Waals surface area contributed by atoms with E-state index in [0.29, 0.717) is 44.8 Å². The fourth-order valence-electron chi connectivity index (χ4n) is 3.52. The monoisotopic (exact) mass is 525 g/mol. The van der Waals surface area contributed by atoms with Gasteiger partial charge in [0.25, 0.3) is 0 Å². The molecule has 194 valence electrons. The molecule has 0 aliphatic carbocycles. The van der Waals surface area contributed by atoms with Gasteiger partial charge in [0.2, 0.25) is 5.75 Å². The third-order valence-corrected chi connectivity index (χ3v) is 5.70. The number of benzene rings is 3. The number of ketones is 1. The molecule has 0 fully saturated rings. The molecule has 8 nitrogen and oxygen atoms in total. The highest BCUT2D eigenvalue weighted by atomic mass is 35.5. The standard InChI is InChI=1S/C28H28ClNO7/c1-33-24-9-8-19(14-20(24)29)22(31)10-11-30-21-16-25(34-2)23(32)15-18(21)7-6-17-12-26(35-3)28(37-5)27(13-17)36-4/h6-16,30,32H,1-5H3. The predicted molar refractivity (Wildman–Crippen MR) is 145 cm³/mol. The zero-order valence-electron chi connectivity index (χ0n) is 21.1. The molecule has 0 heterocycles. The Labute approximate surface area is 220 Å². The van der Waals surface area contributed by atoms with Gasteiger partial charge >= 0.3 is 0 Å². The summed E-state index contributed by atoms with van der Waals surface area (Å²) in [5, 5.41) is 13.8. The number of carbonyl (C=O) groups is 1. The van der Waals surface area contributed by atoms with Crippen molar-refractivity contribution in [3.8, 4) is 34.5 Å². The van der Waals surface area contributed by atoms with Crippen molar-refractivity contribution in [2.45, 2.75) is 0 Å². The van der Waals surface area contributed by atoms with Crippen LogP contribution in [-0.2, 0) is 0 Å². The number of ether oxygens (including phenoxy) is 5. The summed E-state index contributed by atoms with van der Waals surface area (Å²) in [4.78, 5) is 12.6. The fourth-order valence-corrected chi connectivity index (χ4v) is 3.78. The summed E-state index contributed by atoms with van der Waals surface area (Å²) in [5.74, 6) is 1.98. The second-order valence-electron chi connectivity index (χ2n) is 7.59. The molecule has 37 heavy (non-hydrogen) atoms. The van der Waals surface area contributed by atoms with Gasteiger partial charge in [0.05, 0.1) is 40.6 Å². The van der Waals surface area contributed by atoms with Crippen molar-refractivity contribution in [2.24, 2.45) is 0 Å². The number of carbonyl (C=O) groups excluding carboxylic acids is 1. The van der Waals surface area contributed by atoms with Gasteiger partial charge in [-0.2, -0.15) is 0 Å². The molecule has 0 radical (unpaired) electrons. The number of anilines is 1. The van der Waals surface area contributed by atoms with E-state index in [-0.39, 0.29) is 17.3 Å². The van der Waals surface area contributed by atoms with Crippen LogP contribution in [0.2, 0.25) is 5.02 Å². The molecule has 2 N–H and O–H groups in total. The highest BCUT2D eigenvalue weighted by Gasteiger charge is 2.13. The lowest BCUT2D eigenvalue weighted by Gasteiger charge is -2.13. The minimum absolute atomic E-state index is 0.0366. The van der Waals surface area contributed by atoms with Gasteiger partial charge in [0.1, 0.15) is 5.75 Å². The molecule has 3 rings (SSSR count). The number of allylic oxidation sites excluding steroid dienone is 1. The van der Waals surface area contributed by atoms with Gasteiger partial charge in [-0.15, -0.1) is 0 Å². The average molecular weight is 526 g/mol. The van der Waals surface area contributed by atoms with Crippen LogP contribution < -0.4 is 29.0 Å². The first kappa shape index (κ1) is 27.3. The molecular formula is C28H28ClNO7. The van der Waals surface area contributed by atoms with Gasteiger partial charge in [0, 0.05) is 35.2 Å². The number of hydrogen-bond donors (Lipinski definition) is 2. The number of phenolic OH excluding ortho intramolecular Hbond substituents is 1. The van der Waals surface area contributed by atoms with E-state index in [1.165, 1.54) is 33.6 Å². The lowest BCUT2D eigenvalue weighted by Crippen LogP contribution is -1.98. The zero-order valence-corrected chi connectivity index (χ0v) is 21.9. The molecule has 0 atom stereocenters. The molecule has 0 saturated carbocycles.